The zero-order valence-electron chi connectivity index (χ0n) is 19.3. The number of hydrogen-bond donors (Lipinski definition) is 0. The number of fused-ring (bicyclic) bond motifs is 2. The van der Waals surface area contributed by atoms with E-state index in [1.165, 1.54) is 61.6 Å². The average molecular weight is 500 g/mol. The molecule has 0 spiro atoms. The molecule has 0 aliphatic rings. The fourth-order valence-electron chi connectivity index (χ4n) is 3.34. The number of benzene rings is 3. The van der Waals surface area contributed by atoms with Crippen LogP contribution in [0.25, 0.3) is 32.7 Å². The van der Waals surface area contributed by atoms with E-state index in [2.05, 4.69) is 117 Å². The third kappa shape index (κ3) is 7.87. The minimum Gasteiger partial charge on any atom is -0.168 e. The van der Waals surface area contributed by atoms with E-state index in [0.717, 1.165) is 0 Å². The molecule has 0 N–H and O–H groups in total. The second-order valence-corrected chi connectivity index (χ2v) is 6.36. The van der Waals surface area contributed by atoms with Crippen molar-refractivity contribution in [3.63, 3.8) is 0 Å². The Morgan fingerprint density at radius 2 is 1.29 bits per heavy atom. The van der Waals surface area contributed by atoms with Crippen LogP contribution < -0.4 is 0 Å². The van der Waals surface area contributed by atoms with Gasteiger partial charge in [0.1, 0.15) is 0 Å². The Kier molecular flexibility index (Phi) is 15.8. The molecule has 0 fully saturated rings. The summed E-state index contributed by atoms with van der Waals surface area (Å²) < 4.78 is 0. The largest absolute Gasteiger partial charge is 0.168 e. The molecule has 0 nitrogen and oxygen atoms in total. The Morgan fingerprint density at radius 1 is 0.677 bits per heavy atom. The van der Waals surface area contributed by atoms with E-state index in [1.807, 2.05) is 0 Å². The first kappa shape index (κ1) is 31.2. The minimum atomic E-state index is 0. The fourth-order valence-corrected chi connectivity index (χ4v) is 3.34. The molecular weight excluding hydrogens is 468 g/mol. The predicted octanol–water partition coefficient (Wildman–Crippen LogP) is 8.51. The van der Waals surface area contributed by atoms with Crippen molar-refractivity contribution in [1.29, 1.82) is 0 Å². The molecule has 5 aromatic carbocycles. The van der Waals surface area contributed by atoms with Gasteiger partial charge in [-0.25, -0.2) is 0 Å². The summed E-state index contributed by atoms with van der Waals surface area (Å²) in [6.45, 7) is 5.19. The van der Waals surface area contributed by atoms with Gasteiger partial charge in [0.15, 0.2) is 0 Å². The first-order valence-corrected chi connectivity index (χ1v) is 13.1. The molecule has 0 aromatic heterocycles. The molecule has 5 rings (SSSR count). The van der Waals surface area contributed by atoms with Crippen LogP contribution in [0.15, 0.2) is 103 Å². The van der Waals surface area contributed by atoms with Crippen LogP contribution in [0, 0.1) is 36.6 Å². The summed E-state index contributed by atoms with van der Waals surface area (Å²) in [6, 6.07) is 36.2. The van der Waals surface area contributed by atoms with Crippen molar-refractivity contribution in [3.05, 3.63) is 138 Å². The van der Waals surface area contributed by atoms with Gasteiger partial charge in [0.2, 0.25) is 0 Å². The Balaban J connectivity index is 0. The number of hydrogen-bond acceptors (Lipinski definition) is 0. The molecular formula is C29H32SiZr-6. The Bertz CT molecular complexity index is 1090. The molecule has 0 saturated carbocycles. The van der Waals surface area contributed by atoms with Crippen LogP contribution in [0.3, 0.4) is 0 Å². The van der Waals surface area contributed by atoms with Gasteiger partial charge < -0.3 is 29.7 Å². The summed E-state index contributed by atoms with van der Waals surface area (Å²) in [5.41, 5.74) is 3.95. The topological polar surface area (TPSA) is 0 Å². The average Bonchev–Trinajstić information content (AvgIpc) is 3.35. The maximum atomic E-state index is 3.06. The monoisotopic (exact) mass is 498 g/mol. The molecule has 2 heteroatoms. The van der Waals surface area contributed by atoms with Crippen molar-refractivity contribution >= 4 is 28.4 Å². The summed E-state index contributed by atoms with van der Waals surface area (Å²) in [7, 11) is 0. The van der Waals surface area contributed by atoms with Gasteiger partial charge in [-0.05, 0) is 5.56 Å². The van der Waals surface area contributed by atoms with Crippen LogP contribution in [0.2, 0.25) is 0 Å². The van der Waals surface area contributed by atoms with Crippen molar-refractivity contribution < 1.29 is 23.3 Å². The van der Waals surface area contributed by atoms with Crippen molar-refractivity contribution in [2.45, 2.75) is 6.92 Å². The van der Waals surface area contributed by atoms with E-state index in [0.29, 0.717) is 0 Å². The Hall–Kier alpha value is -2.02. The second-order valence-electron chi connectivity index (χ2n) is 6.36. The van der Waals surface area contributed by atoms with Crippen molar-refractivity contribution in [3.8, 4) is 11.1 Å². The molecule has 0 atom stereocenters. The van der Waals surface area contributed by atoms with Crippen LogP contribution in [0.5, 0.6) is 0 Å². The maximum Gasteiger partial charge on any atom is -0.0279 e. The molecule has 31 heavy (non-hydrogen) atoms. The molecule has 0 saturated heterocycles. The van der Waals surface area contributed by atoms with Gasteiger partial charge in [-0.2, -0.15) is 18.2 Å². The van der Waals surface area contributed by atoms with Crippen LogP contribution in [0.4, 0.5) is 0 Å². The van der Waals surface area contributed by atoms with E-state index in [4.69, 9.17) is 0 Å². The van der Waals surface area contributed by atoms with E-state index in [-0.39, 0.29) is 29.7 Å². The predicted molar refractivity (Wildman–Crippen MR) is 141 cm³/mol. The van der Waals surface area contributed by atoms with Crippen LogP contribution >= 0.6 is 0 Å². The molecule has 0 amide bonds. The van der Waals surface area contributed by atoms with Gasteiger partial charge in [0, 0.05) is 0 Å². The summed E-state index contributed by atoms with van der Waals surface area (Å²) in [6.07, 6.45) is 0. The third-order valence-electron chi connectivity index (χ3n) is 4.53. The number of aryl methyl sites for hydroxylation is 1. The van der Waals surface area contributed by atoms with Crippen LogP contribution in [-0.4, -0.2) is 6.88 Å². The summed E-state index contributed by atoms with van der Waals surface area (Å²) in [5.74, 6) is 0. The van der Waals surface area contributed by atoms with Crippen LogP contribution in [0.1, 0.15) is 5.56 Å². The Morgan fingerprint density at radius 3 is 1.97 bits per heavy atom. The van der Waals surface area contributed by atoms with E-state index < -0.39 is 0 Å². The molecule has 0 unspecified atom stereocenters. The van der Waals surface area contributed by atoms with E-state index in [1.54, 1.807) is 0 Å². The van der Waals surface area contributed by atoms with Gasteiger partial charge in [-0.15, -0.1) is 69.6 Å². The molecule has 5 aromatic rings. The van der Waals surface area contributed by atoms with Gasteiger partial charge >= 0.3 is 30.2 Å². The van der Waals surface area contributed by atoms with Crippen molar-refractivity contribution in [2.75, 3.05) is 0 Å². The molecule has 0 bridgehead atoms. The SMILES string of the molecule is Cc1cc2ccccc2[cH-]1.[CH3-].[CH3-].[CH3-].[CH3-].[Si]=[Zr].c1ccc(-c2cccc3[cH-]ccc23)cc1. The van der Waals surface area contributed by atoms with Crippen molar-refractivity contribution in [2.24, 2.45) is 0 Å². The molecule has 0 aliphatic heterocycles. The van der Waals surface area contributed by atoms with Gasteiger partial charge in [-0.3, -0.25) is 0 Å². The normalized spacial score (nSPS) is 8.65. The fraction of sp³-hybridized carbons (Fsp3) is 0.0345. The maximum absolute atomic E-state index is 3.06. The Labute approximate surface area is 207 Å². The van der Waals surface area contributed by atoms with Gasteiger partial charge in [-0.1, -0.05) is 55.0 Å². The molecule has 0 heterocycles. The quantitative estimate of drug-likeness (QED) is 0.160. The zero-order valence-corrected chi connectivity index (χ0v) is 22.8. The summed E-state index contributed by atoms with van der Waals surface area (Å²) in [4.78, 5) is 0. The van der Waals surface area contributed by atoms with Crippen molar-refractivity contribution in [1.82, 2.24) is 0 Å². The van der Waals surface area contributed by atoms with E-state index >= 15 is 0 Å². The molecule has 162 valence electrons. The first-order chi connectivity index (χ1) is 13.3. The van der Waals surface area contributed by atoms with E-state index in [9.17, 15) is 0 Å². The summed E-state index contributed by atoms with van der Waals surface area (Å²) >= 11 is 1.36. The number of rotatable bonds is 1. The van der Waals surface area contributed by atoms with Crippen LogP contribution in [-0.2, 0) is 23.3 Å². The zero-order chi connectivity index (χ0) is 19.1. The smallest absolute Gasteiger partial charge is 0.0279 e. The third-order valence-corrected chi connectivity index (χ3v) is 4.53. The second kappa shape index (κ2) is 15.7. The first-order valence-electron chi connectivity index (χ1n) is 8.88. The minimum absolute atomic E-state index is 0. The molecule has 0 aliphatic carbocycles. The summed E-state index contributed by atoms with van der Waals surface area (Å²) in [5, 5.41) is 5.35. The van der Waals surface area contributed by atoms with Gasteiger partial charge in [0.05, 0.1) is 0 Å². The van der Waals surface area contributed by atoms with Gasteiger partial charge in [0.25, 0.3) is 0 Å². The standard InChI is InChI=1S/C15H11.C10H9.4CH3.Si.Zr/c1-2-6-12(7-3-1)14-10-4-8-13-9-5-11-15(13)14;1-8-6-9-4-2-3-5-10(9)7-8;;;;;;/h1-11H;2-7H,1H3;4*1H3;;/q6*-1;;. The molecule has 2 radical (unpaired) electrons.